The van der Waals surface area contributed by atoms with Gasteiger partial charge in [-0.3, -0.25) is 4.79 Å². The van der Waals surface area contributed by atoms with Crippen LogP contribution in [-0.2, 0) is 0 Å². The Morgan fingerprint density at radius 1 is 1.31 bits per heavy atom. The number of hydrogen-bond donors (Lipinski definition) is 2. The number of amides is 1. The molecule has 1 rings (SSSR count). The second-order valence-corrected chi connectivity index (χ2v) is 4.45. The highest BCUT2D eigenvalue weighted by molar-refractivity contribution is 5.94. The van der Waals surface area contributed by atoms with Crippen LogP contribution in [0.1, 0.15) is 36.2 Å². The number of rotatable bonds is 4. The van der Waals surface area contributed by atoms with Crippen LogP contribution in [0, 0.1) is 6.92 Å². The molecule has 16 heavy (non-hydrogen) atoms. The predicted octanol–water partition coefficient (Wildman–Crippen LogP) is 1.85. The van der Waals surface area contributed by atoms with Crippen LogP contribution in [0.4, 0.5) is 0 Å². The van der Waals surface area contributed by atoms with Crippen molar-refractivity contribution in [3.8, 4) is 0 Å². The van der Waals surface area contributed by atoms with E-state index < -0.39 is 0 Å². The first-order chi connectivity index (χ1) is 7.49. The lowest BCUT2D eigenvalue weighted by Crippen LogP contribution is -2.36. The Morgan fingerprint density at radius 3 is 2.38 bits per heavy atom. The van der Waals surface area contributed by atoms with Gasteiger partial charge in [0.05, 0.1) is 0 Å². The summed E-state index contributed by atoms with van der Waals surface area (Å²) in [5, 5.41) is 2.93. The van der Waals surface area contributed by atoms with E-state index >= 15 is 0 Å². The van der Waals surface area contributed by atoms with E-state index in [0.717, 1.165) is 12.0 Å². The van der Waals surface area contributed by atoms with Gasteiger partial charge in [0.1, 0.15) is 0 Å². The van der Waals surface area contributed by atoms with Crippen molar-refractivity contribution in [2.24, 2.45) is 5.73 Å². The molecule has 3 heteroatoms. The van der Waals surface area contributed by atoms with E-state index in [4.69, 9.17) is 5.73 Å². The molecule has 3 N–H and O–H groups in total. The van der Waals surface area contributed by atoms with Crippen molar-refractivity contribution in [3.05, 3.63) is 35.4 Å². The topological polar surface area (TPSA) is 55.1 Å². The molecule has 1 aromatic carbocycles. The number of carbonyl (C=O) groups excluding carboxylic acids is 1. The lowest BCUT2D eigenvalue weighted by molar-refractivity contribution is 0.0937. The van der Waals surface area contributed by atoms with Gasteiger partial charge in [0.15, 0.2) is 0 Å². The fourth-order valence-electron chi connectivity index (χ4n) is 1.63. The van der Waals surface area contributed by atoms with Crippen LogP contribution in [0.5, 0.6) is 0 Å². The smallest absolute Gasteiger partial charge is 0.251 e. The Labute approximate surface area is 97.0 Å². The lowest BCUT2D eigenvalue weighted by atomic mass is 10.1. The molecule has 0 saturated heterocycles. The van der Waals surface area contributed by atoms with Gasteiger partial charge < -0.3 is 11.1 Å². The first-order valence-electron chi connectivity index (χ1n) is 5.62. The van der Waals surface area contributed by atoms with Gasteiger partial charge in [-0.1, -0.05) is 17.7 Å². The number of nitrogens with two attached hydrogens (primary N) is 1. The molecule has 2 atom stereocenters. The number of nitrogens with one attached hydrogen (secondary N) is 1. The third-order valence-corrected chi connectivity index (χ3v) is 2.42. The summed E-state index contributed by atoms with van der Waals surface area (Å²) in [7, 11) is 0. The molecule has 0 aliphatic rings. The van der Waals surface area contributed by atoms with Crippen molar-refractivity contribution in [2.45, 2.75) is 39.3 Å². The monoisotopic (exact) mass is 220 g/mol. The van der Waals surface area contributed by atoms with E-state index in [1.54, 1.807) is 0 Å². The Hall–Kier alpha value is -1.35. The predicted molar refractivity (Wildman–Crippen MR) is 66.4 cm³/mol. The number of carbonyl (C=O) groups is 1. The molecule has 0 heterocycles. The van der Waals surface area contributed by atoms with E-state index in [0.29, 0.717) is 5.56 Å². The van der Waals surface area contributed by atoms with Crippen LogP contribution in [0.25, 0.3) is 0 Å². The van der Waals surface area contributed by atoms with Crippen LogP contribution in [0.2, 0.25) is 0 Å². The Bertz CT molecular complexity index is 343. The maximum atomic E-state index is 11.8. The average molecular weight is 220 g/mol. The quantitative estimate of drug-likeness (QED) is 0.813. The molecule has 0 bridgehead atoms. The summed E-state index contributed by atoms with van der Waals surface area (Å²) in [6, 6.07) is 7.75. The zero-order valence-electron chi connectivity index (χ0n) is 10.2. The van der Waals surface area contributed by atoms with Crippen LogP contribution < -0.4 is 11.1 Å². The minimum atomic E-state index is -0.0341. The molecule has 0 spiro atoms. The van der Waals surface area contributed by atoms with E-state index in [2.05, 4.69) is 5.32 Å². The molecule has 3 nitrogen and oxygen atoms in total. The molecular weight excluding hydrogens is 200 g/mol. The lowest BCUT2D eigenvalue weighted by Gasteiger charge is -2.15. The minimum absolute atomic E-state index is 0.0341. The fourth-order valence-corrected chi connectivity index (χ4v) is 1.63. The summed E-state index contributed by atoms with van der Waals surface area (Å²) >= 11 is 0. The third-order valence-electron chi connectivity index (χ3n) is 2.42. The molecule has 0 fully saturated rings. The summed E-state index contributed by atoms with van der Waals surface area (Å²) in [5.74, 6) is -0.0341. The molecule has 0 radical (unpaired) electrons. The molecule has 1 aromatic rings. The largest absolute Gasteiger partial charge is 0.350 e. The highest BCUT2D eigenvalue weighted by atomic mass is 16.1. The summed E-state index contributed by atoms with van der Waals surface area (Å²) in [6.45, 7) is 5.91. The van der Waals surface area contributed by atoms with Crippen molar-refractivity contribution >= 4 is 5.91 Å². The van der Waals surface area contributed by atoms with Gasteiger partial charge in [-0.15, -0.1) is 0 Å². The number of hydrogen-bond acceptors (Lipinski definition) is 2. The van der Waals surface area contributed by atoms with Gasteiger partial charge in [0.2, 0.25) is 0 Å². The first-order valence-corrected chi connectivity index (χ1v) is 5.62. The van der Waals surface area contributed by atoms with Crippen molar-refractivity contribution in [1.82, 2.24) is 5.32 Å². The molecule has 0 aliphatic heterocycles. The normalized spacial score (nSPS) is 14.2. The summed E-state index contributed by atoms with van der Waals surface area (Å²) < 4.78 is 0. The standard InChI is InChI=1S/C13H20N2O/c1-9-4-6-12(7-5-9)13(16)15-11(3)8-10(2)14/h4-7,10-11H,8,14H2,1-3H3,(H,15,16). The summed E-state index contributed by atoms with van der Waals surface area (Å²) in [4.78, 5) is 11.8. The van der Waals surface area contributed by atoms with Crippen LogP contribution in [0.3, 0.4) is 0 Å². The zero-order valence-corrected chi connectivity index (χ0v) is 10.2. The number of benzene rings is 1. The highest BCUT2D eigenvalue weighted by Gasteiger charge is 2.10. The SMILES string of the molecule is Cc1ccc(C(=O)NC(C)CC(C)N)cc1. The Morgan fingerprint density at radius 2 is 1.88 bits per heavy atom. The minimum Gasteiger partial charge on any atom is -0.350 e. The van der Waals surface area contributed by atoms with E-state index in [1.165, 1.54) is 0 Å². The zero-order chi connectivity index (χ0) is 12.1. The van der Waals surface area contributed by atoms with Crippen molar-refractivity contribution < 1.29 is 4.79 Å². The van der Waals surface area contributed by atoms with Gasteiger partial charge >= 0.3 is 0 Å². The third kappa shape index (κ3) is 4.03. The van der Waals surface area contributed by atoms with Gasteiger partial charge in [-0.25, -0.2) is 0 Å². The van der Waals surface area contributed by atoms with E-state index in [1.807, 2.05) is 45.0 Å². The van der Waals surface area contributed by atoms with Crippen molar-refractivity contribution in [1.29, 1.82) is 0 Å². The molecular formula is C13H20N2O. The molecule has 1 amide bonds. The second-order valence-electron chi connectivity index (χ2n) is 4.45. The van der Waals surface area contributed by atoms with E-state index in [9.17, 15) is 4.79 Å². The van der Waals surface area contributed by atoms with Crippen LogP contribution in [0.15, 0.2) is 24.3 Å². The van der Waals surface area contributed by atoms with Crippen LogP contribution >= 0.6 is 0 Å². The molecule has 0 saturated carbocycles. The molecule has 2 unspecified atom stereocenters. The first kappa shape index (κ1) is 12.7. The average Bonchev–Trinajstić information content (AvgIpc) is 2.16. The molecule has 0 aliphatic carbocycles. The Balaban J connectivity index is 2.55. The van der Waals surface area contributed by atoms with Gasteiger partial charge in [-0.2, -0.15) is 0 Å². The maximum Gasteiger partial charge on any atom is 0.251 e. The summed E-state index contributed by atoms with van der Waals surface area (Å²) in [6.07, 6.45) is 0.789. The van der Waals surface area contributed by atoms with Gasteiger partial charge in [0, 0.05) is 17.6 Å². The van der Waals surface area contributed by atoms with Gasteiger partial charge in [0.25, 0.3) is 5.91 Å². The highest BCUT2D eigenvalue weighted by Crippen LogP contribution is 2.04. The molecule has 88 valence electrons. The van der Waals surface area contributed by atoms with Gasteiger partial charge in [-0.05, 0) is 39.3 Å². The van der Waals surface area contributed by atoms with E-state index in [-0.39, 0.29) is 18.0 Å². The Kier molecular flexibility index (Phi) is 4.50. The fraction of sp³-hybridized carbons (Fsp3) is 0.462. The van der Waals surface area contributed by atoms with Crippen LogP contribution in [-0.4, -0.2) is 18.0 Å². The summed E-state index contributed by atoms with van der Waals surface area (Å²) in [5.41, 5.74) is 7.53. The second kappa shape index (κ2) is 5.66. The molecule has 0 aromatic heterocycles. The number of aryl methyl sites for hydroxylation is 1. The maximum absolute atomic E-state index is 11.8. The van der Waals surface area contributed by atoms with Crippen molar-refractivity contribution in [2.75, 3.05) is 0 Å². The van der Waals surface area contributed by atoms with Crippen molar-refractivity contribution in [3.63, 3.8) is 0 Å².